The molecule has 1 fully saturated rings. The lowest BCUT2D eigenvalue weighted by Crippen LogP contribution is -2.49. The van der Waals surface area contributed by atoms with E-state index in [1.54, 1.807) is 12.2 Å². The van der Waals surface area contributed by atoms with E-state index in [0.29, 0.717) is 0 Å². The lowest BCUT2D eigenvalue weighted by atomic mass is 9.95. The number of hydrogen-bond acceptors (Lipinski definition) is 5. The molecule has 1 aromatic carbocycles. The molecule has 3 atom stereocenters. The van der Waals surface area contributed by atoms with Gasteiger partial charge in [-0.05, 0) is 37.1 Å². The summed E-state index contributed by atoms with van der Waals surface area (Å²) in [6.07, 6.45) is 7.37. The maximum Gasteiger partial charge on any atom is 0.241 e. The van der Waals surface area contributed by atoms with Crippen LogP contribution in [-0.4, -0.2) is 50.3 Å². The number of rotatable bonds is 7. The molecule has 160 valence electrons. The van der Waals surface area contributed by atoms with Crippen LogP contribution in [0.15, 0.2) is 41.3 Å². The Morgan fingerprint density at radius 2 is 1.83 bits per heavy atom. The normalized spacial score (nSPS) is 25.7. The molecule has 1 heterocycles. The summed E-state index contributed by atoms with van der Waals surface area (Å²) >= 11 is 0. The van der Waals surface area contributed by atoms with E-state index in [0.717, 1.165) is 49.9 Å². The van der Waals surface area contributed by atoms with Crippen LogP contribution in [0.2, 0.25) is 0 Å². The molecule has 1 saturated carbocycles. The zero-order valence-corrected chi connectivity index (χ0v) is 16.9. The number of benzene rings is 1. The average molecular weight is 427 g/mol. The van der Waals surface area contributed by atoms with E-state index < -0.39 is 40.7 Å². The van der Waals surface area contributed by atoms with E-state index in [-0.39, 0.29) is 23.3 Å². The molecule has 3 rings (SSSR count). The molecule has 1 amide bonds. The second-order valence-electron chi connectivity index (χ2n) is 7.49. The summed E-state index contributed by atoms with van der Waals surface area (Å²) in [6.45, 7) is -0.415. The van der Waals surface area contributed by atoms with Gasteiger partial charge in [-0.3, -0.25) is 4.79 Å². The molecular weight excluding hydrogens is 399 g/mol. The van der Waals surface area contributed by atoms with E-state index in [4.69, 9.17) is 4.74 Å². The smallest absolute Gasteiger partial charge is 0.241 e. The molecule has 9 heteroatoms. The molecule has 1 aromatic rings. The zero-order valence-electron chi connectivity index (χ0n) is 16.1. The van der Waals surface area contributed by atoms with Gasteiger partial charge in [-0.15, -0.1) is 0 Å². The molecule has 0 radical (unpaired) electrons. The first kappa shape index (κ1) is 21.9. The van der Waals surface area contributed by atoms with Gasteiger partial charge in [-0.25, -0.2) is 17.5 Å². The first-order valence-electron chi connectivity index (χ1n) is 9.89. The lowest BCUT2D eigenvalue weighted by Gasteiger charge is -2.32. The Balaban J connectivity index is 1.59. The van der Waals surface area contributed by atoms with Crippen LogP contribution in [0.1, 0.15) is 38.5 Å². The van der Waals surface area contributed by atoms with Crippen molar-refractivity contribution in [3.8, 4) is 0 Å². The summed E-state index contributed by atoms with van der Waals surface area (Å²) in [5, 5.41) is 12.7. The minimum atomic E-state index is -3.92. The van der Waals surface area contributed by atoms with Gasteiger partial charge in [-0.2, -0.15) is 0 Å². The SMILES string of the molecule is O=C(C[C@H]1C=C[C@@H](NS(=O)(=O)c2ccc(F)cc2)[C@@H](CO)O1)NC1CCCCC1. The number of halogens is 1. The van der Waals surface area contributed by atoms with Crippen molar-refractivity contribution in [2.75, 3.05) is 6.61 Å². The second-order valence-corrected chi connectivity index (χ2v) is 9.20. The van der Waals surface area contributed by atoms with Gasteiger partial charge in [0, 0.05) is 6.04 Å². The lowest BCUT2D eigenvalue weighted by molar-refractivity contribution is -0.126. The van der Waals surface area contributed by atoms with Crippen LogP contribution in [0.25, 0.3) is 0 Å². The predicted molar refractivity (Wildman–Crippen MR) is 105 cm³/mol. The molecule has 2 aliphatic rings. The molecule has 0 bridgehead atoms. The second kappa shape index (κ2) is 9.80. The van der Waals surface area contributed by atoms with Gasteiger partial charge in [-0.1, -0.05) is 31.4 Å². The highest BCUT2D eigenvalue weighted by molar-refractivity contribution is 7.89. The van der Waals surface area contributed by atoms with Gasteiger partial charge in [0.15, 0.2) is 0 Å². The Hall–Kier alpha value is -1.81. The molecule has 1 aliphatic heterocycles. The van der Waals surface area contributed by atoms with Crippen molar-refractivity contribution in [2.45, 2.75) is 67.7 Å². The van der Waals surface area contributed by atoms with Crippen LogP contribution >= 0.6 is 0 Å². The Kier molecular flexibility index (Phi) is 7.39. The number of hydrogen-bond donors (Lipinski definition) is 3. The maximum atomic E-state index is 13.0. The summed E-state index contributed by atoms with van der Waals surface area (Å²) in [5.74, 6) is -0.652. The molecule has 29 heavy (non-hydrogen) atoms. The third kappa shape index (κ3) is 6.08. The van der Waals surface area contributed by atoms with Crippen LogP contribution in [0.5, 0.6) is 0 Å². The first-order valence-corrected chi connectivity index (χ1v) is 11.4. The standard InChI is InChI=1S/C20H27FN2O5S/c21-14-6-9-17(10-7-14)29(26,27)23-18-11-8-16(28-19(18)13-24)12-20(25)22-15-4-2-1-3-5-15/h6-11,15-16,18-19,23-24H,1-5,12-13H2,(H,22,25)/t16-,18-,19-/m1/s1. The van der Waals surface area contributed by atoms with E-state index in [9.17, 15) is 22.7 Å². The van der Waals surface area contributed by atoms with Gasteiger partial charge >= 0.3 is 0 Å². The van der Waals surface area contributed by atoms with Gasteiger partial charge in [0.1, 0.15) is 11.9 Å². The van der Waals surface area contributed by atoms with E-state index >= 15 is 0 Å². The van der Waals surface area contributed by atoms with E-state index in [2.05, 4.69) is 10.0 Å². The van der Waals surface area contributed by atoms with Crippen LogP contribution in [0.4, 0.5) is 4.39 Å². The van der Waals surface area contributed by atoms with Crippen LogP contribution < -0.4 is 10.0 Å². The van der Waals surface area contributed by atoms with Crippen molar-refractivity contribution in [1.82, 2.24) is 10.0 Å². The summed E-state index contributed by atoms with van der Waals surface area (Å²) in [6, 6.07) is 3.85. The maximum absolute atomic E-state index is 13.0. The van der Waals surface area contributed by atoms with E-state index in [1.807, 2.05) is 0 Å². The van der Waals surface area contributed by atoms with Crippen molar-refractivity contribution in [2.24, 2.45) is 0 Å². The van der Waals surface area contributed by atoms with Gasteiger partial charge < -0.3 is 15.2 Å². The van der Waals surface area contributed by atoms with Gasteiger partial charge in [0.25, 0.3) is 0 Å². The minimum absolute atomic E-state index is 0.0852. The third-order valence-electron chi connectivity index (χ3n) is 5.24. The summed E-state index contributed by atoms with van der Waals surface area (Å²) in [4.78, 5) is 12.2. The number of carbonyl (C=O) groups excluding carboxylic acids is 1. The average Bonchev–Trinajstić information content (AvgIpc) is 2.70. The molecule has 0 unspecified atom stereocenters. The van der Waals surface area contributed by atoms with Gasteiger partial charge in [0.2, 0.25) is 15.9 Å². The van der Waals surface area contributed by atoms with Crippen molar-refractivity contribution >= 4 is 15.9 Å². The topological polar surface area (TPSA) is 105 Å². The van der Waals surface area contributed by atoms with Crippen molar-refractivity contribution in [3.63, 3.8) is 0 Å². The number of aliphatic hydroxyl groups is 1. The predicted octanol–water partition coefficient (Wildman–Crippen LogP) is 1.63. The third-order valence-corrected chi connectivity index (χ3v) is 6.71. The van der Waals surface area contributed by atoms with Crippen LogP contribution in [0.3, 0.4) is 0 Å². The van der Waals surface area contributed by atoms with Crippen molar-refractivity contribution in [1.29, 1.82) is 0 Å². The Bertz CT molecular complexity index is 822. The number of sulfonamides is 1. The largest absolute Gasteiger partial charge is 0.394 e. The zero-order chi connectivity index (χ0) is 20.9. The molecule has 7 nitrogen and oxygen atoms in total. The molecule has 1 aliphatic carbocycles. The molecule has 0 saturated heterocycles. The fraction of sp³-hybridized carbons (Fsp3) is 0.550. The highest BCUT2D eigenvalue weighted by atomic mass is 32.2. The fourth-order valence-electron chi connectivity index (χ4n) is 3.69. The Morgan fingerprint density at radius 3 is 2.48 bits per heavy atom. The highest BCUT2D eigenvalue weighted by Gasteiger charge is 2.31. The number of amides is 1. The summed E-state index contributed by atoms with van der Waals surface area (Å²) in [7, 11) is -3.92. The monoisotopic (exact) mass is 426 g/mol. The Labute approximate surface area is 170 Å². The molecule has 0 aromatic heterocycles. The van der Waals surface area contributed by atoms with Crippen LogP contribution in [0, 0.1) is 5.82 Å². The number of ether oxygens (including phenoxy) is 1. The van der Waals surface area contributed by atoms with Crippen LogP contribution in [-0.2, 0) is 19.6 Å². The number of carbonyl (C=O) groups is 1. The molecule has 0 spiro atoms. The van der Waals surface area contributed by atoms with E-state index in [1.165, 1.54) is 6.42 Å². The van der Waals surface area contributed by atoms with Crippen molar-refractivity contribution in [3.05, 3.63) is 42.2 Å². The summed E-state index contributed by atoms with van der Waals surface area (Å²) in [5.41, 5.74) is 0. The fourth-order valence-corrected chi connectivity index (χ4v) is 4.91. The number of aliphatic hydroxyl groups excluding tert-OH is 1. The quantitative estimate of drug-likeness (QED) is 0.575. The highest BCUT2D eigenvalue weighted by Crippen LogP contribution is 2.20. The molecular formula is C20H27FN2O5S. The van der Waals surface area contributed by atoms with Gasteiger partial charge in [0.05, 0.1) is 30.1 Å². The first-order chi connectivity index (χ1) is 13.9. The van der Waals surface area contributed by atoms with Crippen molar-refractivity contribution < 1.29 is 27.4 Å². The summed E-state index contributed by atoms with van der Waals surface area (Å²) < 4.78 is 46.2. The minimum Gasteiger partial charge on any atom is -0.394 e. The number of nitrogens with one attached hydrogen (secondary N) is 2. The Morgan fingerprint density at radius 1 is 1.14 bits per heavy atom. The molecule has 3 N–H and O–H groups in total.